The molecular weight excluding hydrogens is 2090 g/mol. The molecule has 0 fully saturated rings. The normalized spacial score (nSPS) is 10.1. The van der Waals surface area contributed by atoms with Crippen molar-refractivity contribution in [1.82, 2.24) is 19.9 Å². The quantitative estimate of drug-likeness (QED) is 0.0150. The van der Waals surface area contributed by atoms with Crippen molar-refractivity contribution < 1.29 is 150 Å². The molecule has 41 heteroatoms. The van der Waals surface area contributed by atoms with Crippen molar-refractivity contribution in [2.45, 2.75) is 27.7 Å². The second-order valence-corrected chi connectivity index (χ2v) is 36.6. The number of carboxylic acid groups (broad SMARTS) is 2. The molecule has 0 saturated carbocycles. The molecule has 0 radical (unpaired) electrons. The van der Waals surface area contributed by atoms with Crippen LogP contribution in [0.2, 0.25) is 0 Å². The molecule has 145 heavy (non-hydrogen) atoms. The summed E-state index contributed by atoms with van der Waals surface area (Å²) < 4.78 is 63.8. The zero-order valence-corrected chi connectivity index (χ0v) is 85.3. The molecule has 0 aliphatic heterocycles. The number of aromatic nitrogens is 4. The van der Waals surface area contributed by atoms with Crippen molar-refractivity contribution in [3.63, 3.8) is 0 Å². The Morgan fingerprint density at radius 3 is 0.897 bits per heavy atom. The Labute approximate surface area is 872 Å². The molecule has 744 valence electrons. The number of phenolic OH excluding ortho intramolecular Hbond substituents is 2. The van der Waals surface area contributed by atoms with Gasteiger partial charge in [-0.25, -0.2) is 39.1 Å². The fourth-order valence-electron chi connectivity index (χ4n) is 13.7. The number of ether oxygens (including phenoxy) is 8. The summed E-state index contributed by atoms with van der Waals surface area (Å²) in [6.07, 6.45) is 6.14. The number of hydrogen-bond acceptors (Lipinski definition) is 28. The van der Waals surface area contributed by atoms with Crippen molar-refractivity contribution >= 4 is 132 Å². The number of carbonyl (C=O) groups is 8. The number of methoxy groups -OCH3 is 8. The van der Waals surface area contributed by atoms with E-state index in [4.69, 9.17) is 73.3 Å². The van der Waals surface area contributed by atoms with Crippen LogP contribution in [0.5, 0.6) is 46.0 Å². The first-order valence-corrected chi connectivity index (χ1v) is 45.1. The monoisotopic (exact) mass is 2180 g/mol. The summed E-state index contributed by atoms with van der Waals surface area (Å²) in [6, 6.07) is 68.5. The Balaban J connectivity index is 0.000000247. The number of aromatic hydroxyl groups is 2. The van der Waals surface area contributed by atoms with Gasteiger partial charge in [-0.15, -0.1) is 47.3 Å². The van der Waals surface area contributed by atoms with E-state index in [0.717, 1.165) is 38.9 Å². The van der Waals surface area contributed by atoms with Gasteiger partial charge in [0.15, 0.2) is 0 Å². The molecule has 16 rings (SSSR count). The van der Waals surface area contributed by atoms with Gasteiger partial charge in [-0.05, 0) is 225 Å². The number of rotatable bonds is 25. The molecule has 8 heterocycles. The van der Waals surface area contributed by atoms with E-state index in [1.165, 1.54) is 50.9 Å². The minimum absolute atomic E-state index is 0. The number of nitrogens with zero attached hydrogens (tertiary/aromatic N) is 4. The molecule has 16 aromatic rings. The van der Waals surface area contributed by atoms with Crippen LogP contribution < -0.4 is 69.0 Å². The van der Waals surface area contributed by atoms with E-state index in [1.807, 2.05) is 60.7 Å². The predicted octanol–water partition coefficient (Wildman–Crippen LogP) is 18.4. The number of halogens is 4. The number of nitrogen functional groups attached to an aromatic ring is 1. The standard InChI is InChI=1S/C27H24N2O6.C26H22N2O6.C24H18N2O6.C15H13ClO3.C12H12N2O3.BBr3.Li.3H2O/c1-16-22(27(31)34-4)14-23(35-16)19-8-11-25(28-15-19)29-26(30)18-7-5-6-17(12-18)21-10-9-20(32-2)13-24(21)33-3;1-15-21(26(30)31)13-22(34-15)18-7-10-24(27-14-18)28-25(29)17-6-4-5-16(11-17)20-9-8-19(32-2)12-23(20)33-3;1-13-19(24(30)31)11-21(32-13)16-5-8-22(25-12-16)26-23(29)15-4-2-3-14(9-15)18-7-6-17(27)10-20(18)28;1-18-12-6-7-13(14(9-12)19-2)10-4-3-5-11(8-10)15(16)17;1-7-9(12(15)16-2)5-10(17-7)8-3-4-11(13)14-6-8;2-1(3)4;;;;/h5-15H,1-4H3,(H,28,29,30);4-14H,1-3H3,(H,30,31)(H,27,28,29);2-12,27-28H,1H3,(H,30,31)(H,25,26,29);3-9H,1-2H3;3-6H,1-2H3,(H2,13,14);;;3*1H2/q;;;;;;+1;;;/p-1. The second kappa shape index (κ2) is 54.8. The Bertz CT molecular complexity index is 7210. The number of phenols is 2. The summed E-state index contributed by atoms with van der Waals surface area (Å²) in [4.78, 5) is 112. The molecule has 0 aliphatic carbocycles. The molecule has 14 N–H and O–H groups in total. The third-order valence-corrected chi connectivity index (χ3v) is 21.0. The molecular formula is C104H94BBr3ClLiN8O27. The van der Waals surface area contributed by atoms with Crippen LogP contribution >= 0.6 is 58.9 Å². The number of furan rings is 4. The number of nitrogens with two attached hydrogens (primary N) is 1. The number of aryl methyl sites for hydroxylation is 4. The zero-order chi connectivity index (χ0) is 102. The number of pyridine rings is 4. The van der Waals surface area contributed by atoms with Crippen LogP contribution in [0.3, 0.4) is 0 Å². The van der Waals surface area contributed by atoms with Crippen LogP contribution in [0.1, 0.15) is 106 Å². The first-order valence-electron chi connectivity index (χ1n) is 42.0. The van der Waals surface area contributed by atoms with E-state index in [1.54, 1.807) is 240 Å². The number of carbonyl (C=O) groups excluding carboxylic acids is 6. The maximum Gasteiger partial charge on any atom is 1.00 e. The van der Waals surface area contributed by atoms with E-state index in [9.17, 15) is 53.7 Å². The van der Waals surface area contributed by atoms with Crippen LogP contribution in [0, 0.1) is 27.7 Å². The number of carboxylic acids is 2. The van der Waals surface area contributed by atoms with E-state index in [-0.39, 0.29) is 72.9 Å². The number of benzene rings is 8. The minimum atomic E-state index is -1.07. The smallest absolute Gasteiger partial charge is 0.870 e. The summed E-state index contributed by atoms with van der Waals surface area (Å²) >= 11 is 14.8. The Morgan fingerprint density at radius 2 is 0.634 bits per heavy atom. The number of amides is 3. The van der Waals surface area contributed by atoms with Gasteiger partial charge < -0.3 is 114 Å². The molecule has 0 atom stereocenters. The van der Waals surface area contributed by atoms with Crippen LogP contribution in [0.15, 0.2) is 285 Å². The fraction of sp³-hybridized carbons (Fsp3) is 0.115. The van der Waals surface area contributed by atoms with Gasteiger partial charge in [-0.1, -0.05) is 54.6 Å². The summed E-state index contributed by atoms with van der Waals surface area (Å²) in [6.45, 7) is 6.56. The van der Waals surface area contributed by atoms with Gasteiger partial charge in [-0.3, -0.25) is 19.2 Å². The third kappa shape index (κ3) is 31.0. The molecule has 35 nitrogen and oxygen atoms in total. The molecule has 0 bridgehead atoms. The average Bonchev–Trinajstić information content (AvgIpc) is 1.80. The Kier molecular flexibility index (Phi) is 43.8. The van der Waals surface area contributed by atoms with Gasteiger partial charge in [0.2, 0.25) is 0 Å². The molecule has 8 aromatic heterocycles. The summed E-state index contributed by atoms with van der Waals surface area (Å²) in [5.74, 6) is 4.68. The van der Waals surface area contributed by atoms with Gasteiger partial charge in [0.05, 0.1) is 56.9 Å². The Hall–Kier alpha value is -16.1. The van der Waals surface area contributed by atoms with Crippen LogP contribution in [-0.2, 0) is 9.47 Å². The van der Waals surface area contributed by atoms with Crippen LogP contribution in [0.4, 0.5) is 23.3 Å². The minimum Gasteiger partial charge on any atom is -0.870 e. The largest absolute Gasteiger partial charge is 1.00 e. The van der Waals surface area contributed by atoms with Crippen molar-refractivity contribution in [2.24, 2.45) is 0 Å². The van der Waals surface area contributed by atoms with E-state index in [2.05, 4.69) is 87.9 Å². The SMILES string of the molecule is BrB(Br)Br.COC(=O)c1cc(-c2ccc(N)nc2)oc1C.COC(=O)c1cc(-c2ccc(NC(=O)c3cccc(-c4ccc(OC)cc4OC)c3)nc2)oc1C.COc1ccc(-c2cccc(C(=O)Cl)c2)c(OC)c1.COc1ccc(-c2cccc(C(=O)Nc3ccc(-c4cc(C(=O)O)c(C)o4)cn3)c2)c(OC)c1.Cc1oc(-c2ccc(NC(=O)c3cccc(-c4ccc(O)cc4O)c3)nc2)cc1C(=O)O.O.O.[Li+].[OH-]. The summed E-state index contributed by atoms with van der Waals surface area (Å²) in [5.41, 5.74) is 16.9. The fourth-order valence-corrected chi connectivity index (χ4v) is 13.8. The number of hydrogen-bond donors (Lipinski definition) is 8. The topological polar surface area (TPSA) is 551 Å². The number of anilines is 4. The predicted molar refractivity (Wildman–Crippen MR) is 554 cm³/mol. The third-order valence-electron chi connectivity index (χ3n) is 20.8. The van der Waals surface area contributed by atoms with Crippen LogP contribution in [0.25, 0.3) is 89.8 Å². The number of nitrogens with one attached hydrogen (secondary N) is 3. The van der Waals surface area contributed by atoms with Gasteiger partial charge in [0, 0.05) is 116 Å². The number of esters is 2. The average molecular weight is 2180 g/mol. The van der Waals surface area contributed by atoms with Crippen LogP contribution in [-0.4, -0.2) is 164 Å². The van der Waals surface area contributed by atoms with Gasteiger partial charge in [0.25, 0.3) is 23.0 Å². The van der Waals surface area contributed by atoms with E-state index < -0.39 is 35.0 Å². The first kappa shape index (κ1) is 116. The zero-order valence-electron chi connectivity index (χ0n) is 79.8. The molecule has 0 aliphatic rings. The van der Waals surface area contributed by atoms with Gasteiger partial charge in [-0.2, -0.15) is 0 Å². The summed E-state index contributed by atoms with van der Waals surface area (Å²) in [7, 11) is 12.2. The first-order chi connectivity index (χ1) is 67.6. The van der Waals surface area contributed by atoms with Crippen molar-refractivity contribution in [2.75, 3.05) is 78.6 Å². The number of aromatic carboxylic acids is 2. The maximum absolute atomic E-state index is 12.9. The summed E-state index contributed by atoms with van der Waals surface area (Å²) in [5, 5.41) is 45.7. The second-order valence-electron chi connectivity index (χ2n) is 29.8. The van der Waals surface area contributed by atoms with E-state index >= 15 is 0 Å². The van der Waals surface area contributed by atoms with Crippen molar-refractivity contribution in [3.05, 3.63) is 335 Å². The molecule has 3 amide bonds. The molecule has 8 aromatic carbocycles. The van der Waals surface area contributed by atoms with Gasteiger partial charge >= 0.3 is 45.9 Å². The molecule has 0 saturated heterocycles. The van der Waals surface area contributed by atoms with Crippen molar-refractivity contribution in [3.8, 4) is 136 Å². The molecule has 0 spiro atoms. The molecule has 0 unspecified atom stereocenters. The van der Waals surface area contributed by atoms with Crippen molar-refractivity contribution in [1.29, 1.82) is 0 Å². The van der Waals surface area contributed by atoms with Gasteiger partial charge in [0.1, 0.15) is 138 Å². The van der Waals surface area contributed by atoms with E-state index in [0.29, 0.717) is 165 Å². The Morgan fingerprint density at radius 1 is 0.352 bits per heavy atom. The maximum atomic E-state index is 12.9.